The van der Waals surface area contributed by atoms with Gasteiger partial charge in [-0.1, -0.05) is 35.4 Å². The maximum Gasteiger partial charge on any atom is 0.271 e. The van der Waals surface area contributed by atoms with Crippen molar-refractivity contribution in [3.63, 3.8) is 0 Å². The molecule has 0 radical (unpaired) electrons. The van der Waals surface area contributed by atoms with E-state index >= 15 is 0 Å². The number of nitrogens with zero attached hydrogens (tertiary/aromatic N) is 4. The van der Waals surface area contributed by atoms with Crippen molar-refractivity contribution in [2.75, 3.05) is 19.0 Å². The molecule has 3 aromatic carbocycles. The second-order valence-electron chi connectivity index (χ2n) is 7.22. The summed E-state index contributed by atoms with van der Waals surface area (Å²) in [6.45, 7) is 3.99. The van der Waals surface area contributed by atoms with Gasteiger partial charge in [0.05, 0.1) is 5.69 Å². The van der Waals surface area contributed by atoms with Crippen LogP contribution in [0.4, 0.5) is 11.4 Å². The van der Waals surface area contributed by atoms with E-state index in [1.165, 1.54) is 0 Å². The van der Waals surface area contributed by atoms with Crippen molar-refractivity contribution in [2.45, 2.75) is 13.8 Å². The van der Waals surface area contributed by atoms with Crippen LogP contribution in [0.25, 0.3) is 0 Å². The van der Waals surface area contributed by atoms with Gasteiger partial charge in [0, 0.05) is 30.9 Å². The number of carbonyl (C=O) groups is 1. The second-order valence-corrected chi connectivity index (χ2v) is 7.22. The fourth-order valence-corrected chi connectivity index (χ4v) is 2.64. The molecule has 0 fully saturated rings. The molecule has 1 amide bonds. The normalized spacial score (nSPS) is 11.5. The van der Waals surface area contributed by atoms with Crippen LogP contribution in [0.15, 0.2) is 88.1 Å². The molecule has 0 bridgehead atoms. The van der Waals surface area contributed by atoms with E-state index in [0.29, 0.717) is 17.1 Å². The zero-order chi connectivity index (χ0) is 21.5. The molecular weight excluding hydrogens is 374 g/mol. The standard InChI is InChI=1S/C24H25N5O/c1-17-5-9-20(10-6-17)24(30)28-27-23(19-11-15-22(16-12-19)29(3)4)26-25-21-13-7-18(2)8-14-21/h5-16H,1-4H3,(H,28,30)/b26-25?,27-23-. The quantitative estimate of drug-likeness (QED) is 0.276. The Morgan fingerprint density at radius 3 is 1.87 bits per heavy atom. The first-order valence-corrected chi connectivity index (χ1v) is 9.63. The lowest BCUT2D eigenvalue weighted by molar-refractivity contribution is 0.0955. The molecular formula is C24H25N5O. The maximum absolute atomic E-state index is 12.4. The fourth-order valence-electron chi connectivity index (χ4n) is 2.64. The average Bonchev–Trinajstić information content (AvgIpc) is 2.75. The Hall–Kier alpha value is -3.80. The van der Waals surface area contributed by atoms with Gasteiger partial charge in [0.1, 0.15) is 0 Å². The summed E-state index contributed by atoms with van der Waals surface area (Å²) in [6.07, 6.45) is 0. The lowest BCUT2D eigenvalue weighted by Crippen LogP contribution is -2.19. The van der Waals surface area contributed by atoms with Crippen molar-refractivity contribution < 1.29 is 4.79 Å². The predicted octanol–water partition coefficient (Wildman–Crippen LogP) is 5.24. The first-order chi connectivity index (χ1) is 14.4. The van der Waals surface area contributed by atoms with E-state index in [0.717, 1.165) is 22.4 Å². The number of amides is 1. The van der Waals surface area contributed by atoms with E-state index in [2.05, 4.69) is 20.8 Å². The molecule has 0 atom stereocenters. The predicted molar refractivity (Wildman–Crippen MR) is 122 cm³/mol. The van der Waals surface area contributed by atoms with Gasteiger partial charge in [-0.25, -0.2) is 5.43 Å². The van der Waals surface area contributed by atoms with Crippen LogP contribution in [0.5, 0.6) is 0 Å². The number of benzene rings is 3. The molecule has 3 aromatic rings. The average molecular weight is 399 g/mol. The number of hydrogen-bond acceptors (Lipinski definition) is 4. The second kappa shape index (κ2) is 9.60. The highest BCUT2D eigenvalue weighted by Crippen LogP contribution is 2.16. The molecule has 0 saturated heterocycles. The third-order valence-corrected chi connectivity index (χ3v) is 4.51. The van der Waals surface area contributed by atoms with Gasteiger partial charge in [0.25, 0.3) is 5.91 Å². The molecule has 0 unspecified atom stereocenters. The van der Waals surface area contributed by atoms with Crippen molar-refractivity contribution in [3.05, 3.63) is 95.1 Å². The molecule has 3 rings (SSSR count). The van der Waals surface area contributed by atoms with Crippen molar-refractivity contribution in [2.24, 2.45) is 15.3 Å². The molecule has 6 heteroatoms. The summed E-state index contributed by atoms with van der Waals surface area (Å²) in [5.41, 5.74) is 7.86. The third kappa shape index (κ3) is 5.61. The van der Waals surface area contributed by atoms with Gasteiger partial charge in [-0.2, -0.15) is 0 Å². The number of rotatable bonds is 5. The number of anilines is 1. The Balaban J connectivity index is 1.87. The van der Waals surface area contributed by atoms with Crippen LogP contribution in [0.2, 0.25) is 0 Å². The van der Waals surface area contributed by atoms with Crippen LogP contribution < -0.4 is 10.3 Å². The van der Waals surface area contributed by atoms with Crippen LogP contribution in [-0.2, 0) is 0 Å². The maximum atomic E-state index is 12.4. The van der Waals surface area contributed by atoms with Crippen LogP contribution in [0.3, 0.4) is 0 Å². The van der Waals surface area contributed by atoms with Crippen molar-refractivity contribution in [3.8, 4) is 0 Å². The summed E-state index contributed by atoms with van der Waals surface area (Å²) >= 11 is 0. The Morgan fingerprint density at radius 1 is 0.767 bits per heavy atom. The lowest BCUT2D eigenvalue weighted by Gasteiger charge is -2.12. The van der Waals surface area contributed by atoms with Gasteiger partial charge in [-0.05, 0) is 62.4 Å². The summed E-state index contributed by atoms with van der Waals surface area (Å²) in [5, 5.41) is 12.8. The van der Waals surface area contributed by atoms with Gasteiger partial charge >= 0.3 is 0 Å². The fraction of sp³-hybridized carbons (Fsp3) is 0.167. The van der Waals surface area contributed by atoms with Crippen LogP contribution in [0.1, 0.15) is 27.0 Å². The van der Waals surface area contributed by atoms with Gasteiger partial charge in [0.2, 0.25) is 5.84 Å². The SMILES string of the molecule is Cc1ccc(N=N/C(=N\NC(=O)c2ccc(C)cc2)c2ccc(N(C)C)cc2)cc1. The highest BCUT2D eigenvalue weighted by molar-refractivity contribution is 6.01. The summed E-state index contributed by atoms with van der Waals surface area (Å²) in [6, 6.07) is 22.7. The molecule has 0 heterocycles. The largest absolute Gasteiger partial charge is 0.378 e. The Morgan fingerprint density at radius 2 is 1.30 bits per heavy atom. The first-order valence-electron chi connectivity index (χ1n) is 9.63. The Labute approximate surface area is 177 Å². The Kier molecular flexibility index (Phi) is 6.70. The van der Waals surface area contributed by atoms with E-state index < -0.39 is 0 Å². The minimum absolute atomic E-state index is 0.303. The van der Waals surface area contributed by atoms with E-state index in [-0.39, 0.29) is 5.91 Å². The third-order valence-electron chi connectivity index (χ3n) is 4.51. The number of carbonyl (C=O) groups excluding carboxylic acids is 1. The van der Waals surface area contributed by atoms with Crippen LogP contribution in [-0.4, -0.2) is 25.8 Å². The summed E-state index contributed by atoms with van der Waals surface area (Å²) < 4.78 is 0. The molecule has 6 nitrogen and oxygen atoms in total. The highest BCUT2D eigenvalue weighted by atomic mass is 16.2. The number of hydrazone groups is 1. The molecule has 0 aliphatic heterocycles. The lowest BCUT2D eigenvalue weighted by atomic mass is 10.1. The van der Waals surface area contributed by atoms with E-state index in [4.69, 9.17) is 0 Å². The number of aryl methyl sites for hydroxylation is 2. The molecule has 1 N–H and O–H groups in total. The topological polar surface area (TPSA) is 69.4 Å². The minimum atomic E-state index is -0.303. The Bertz CT molecular complexity index is 1050. The molecule has 0 aliphatic carbocycles. The molecule has 0 saturated carbocycles. The summed E-state index contributed by atoms with van der Waals surface area (Å²) in [7, 11) is 3.95. The zero-order valence-electron chi connectivity index (χ0n) is 17.6. The first kappa shape index (κ1) is 20.9. The van der Waals surface area contributed by atoms with Gasteiger partial charge in [-0.3, -0.25) is 4.79 Å². The van der Waals surface area contributed by atoms with Crippen LogP contribution >= 0.6 is 0 Å². The minimum Gasteiger partial charge on any atom is -0.378 e. The molecule has 0 spiro atoms. The smallest absolute Gasteiger partial charge is 0.271 e. The van der Waals surface area contributed by atoms with E-state index in [1.54, 1.807) is 12.1 Å². The number of nitrogens with one attached hydrogen (secondary N) is 1. The van der Waals surface area contributed by atoms with Gasteiger partial charge in [0.15, 0.2) is 0 Å². The molecule has 152 valence electrons. The van der Waals surface area contributed by atoms with Crippen molar-refractivity contribution in [1.82, 2.24) is 5.43 Å². The zero-order valence-corrected chi connectivity index (χ0v) is 17.6. The van der Waals surface area contributed by atoms with Crippen molar-refractivity contribution >= 4 is 23.1 Å². The molecule has 0 aromatic heterocycles. The highest BCUT2D eigenvalue weighted by Gasteiger charge is 2.08. The number of amidine groups is 1. The number of azo groups is 1. The summed E-state index contributed by atoms with van der Waals surface area (Å²) in [5.74, 6) is 0.0179. The van der Waals surface area contributed by atoms with Gasteiger partial charge in [-0.15, -0.1) is 15.3 Å². The number of hydrogen-bond donors (Lipinski definition) is 1. The van der Waals surface area contributed by atoms with Crippen molar-refractivity contribution in [1.29, 1.82) is 0 Å². The molecule has 30 heavy (non-hydrogen) atoms. The van der Waals surface area contributed by atoms with Crippen LogP contribution in [0, 0.1) is 13.8 Å². The van der Waals surface area contributed by atoms with E-state index in [1.807, 2.05) is 93.5 Å². The molecule has 0 aliphatic rings. The monoisotopic (exact) mass is 399 g/mol. The van der Waals surface area contributed by atoms with E-state index in [9.17, 15) is 4.79 Å². The summed E-state index contributed by atoms with van der Waals surface area (Å²) in [4.78, 5) is 14.5. The van der Waals surface area contributed by atoms with Gasteiger partial charge < -0.3 is 4.90 Å².